The first-order valence-electron chi connectivity index (χ1n) is 20.9. The normalized spacial score (nSPS) is 18.4. The molecule has 1 unspecified atom stereocenters. The van der Waals surface area contributed by atoms with Gasteiger partial charge in [0.25, 0.3) is 0 Å². The highest BCUT2D eigenvalue weighted by Crippen LogP contribution is 2.33. The Morgan fingerprint density at radius 3 is 2.18 bits per heavy atom. The summed E-state index contributed by atoms with van der Waals surface area (Å²) in [6, 6.07) is 5.01. The van der Waals surface area contributed by atoms with Gasteiger partial charge in [-0.15, -0.1) is 0 Å². The zero-order valence-corrected chi connectivity index (χ0v) is 36.0. The predicted octanol–water partition coefficient (Wildman–Crippen LogP) is -2.04. The van der Waals surface area contributed by atoms with Crippen molar-refractivity contribution in [3.05, 3.63) is 35.9 Å². The lowest BCUT2D eigenvalue weighted by Gasteiger charge is -2.25. The first-order valence-corrected chi connectivity index (χ1v) is 21.9. The van der Waals surface area contributed by atoms with Gasteiger partial charge in [-0.25, -0.2) is 10.3 Å². The Morgan fingerprint density at radius 2 is 1.50 bits per heavy atom. The van der Waals surface area contributed by atoms with E-state index in [0.717, 1.165) is 25.0 Å². The molecule has 1 aromatic carbocycles. The second kappa shape index (κ2) is 26.8. The van der Waals surface area contributed by atoms with Gasteiger partial charge in [0.1, 0.15) is 18.1 Å². The first-order chi connectivity index (χ1) is 29.6. The molecule has 13 N–H and O–H groups in total. The summed E-state index contributed by atoms with van der Waals surface area (Å²) in [6.45, 7) is 1.98. The Kier molecular flexibility index (Phi) is 22.0. The molecule has 22 heteroatoms. The number of primary amides is 1. The molecule has 0 saturated carbocycles. The molecule has 3 rings (SSSR count). The molecule has 0 bridgehead atoms. The molecule has 21 nitrogen and oxygen atoms in total. The number of carbonyl (C=O) groups excluding carboxylic acids is 9. The third-order valence-corrected chi connectivity index (χ3v) is 11.8. The van der Waals surface area contributed by atoms with Crippen LogP contribution in [0.15, 0.2) is 30.3 Å². The summed E-state index contributed by atoms with van der Waals surface area (Å²) in [4.78, 5) is 112. The van der Waals surface area contributed by atoms with Crippen LogP contribution in [0.3, 0.4) is 0 Å². The van der Waals surface area contributed by atoms with Crippen LogP contribution < -0.4 is 53.7 Å². The molecule has 2 aliphatic heterocycles. The van der Waals surface area contributed by atoms with Gasteiger partial charge in [0.2, 0.25) is 47.3 Å². The zero-order valence-electron chi connectivity index (χ0n) is 35.2. The number of benzene rings is 1. The van der Waals surface area contributed by atoms with E-state index in [1.165, 1.54) is 5.48 Å². The largest absolute Gasteiger partial charge is 0.394 e. The maximum Gasteiger partial charge on any atom is 0.315 e. The van der Waals surface area contributed by atoms with Crippen molar-refractivity contribution in [1.82, 2.24) is 48.0 Å². The fourth-order valence-corrected chi connectivity index (χ4v) is 8.61. The molecule has 0 radical (unpaired) electrons. The van der Waals surface area contributed by atoms with Crippen molar-refractivity contribution in [3.63, 3.8) is 0 Å². The summed E-state index contributed by atoms with van der Waals surface area (Å²) in [5.74, 6) is -5.61. The van der Waals surface area contributed by atoms with Gasteiger partial charge < -0.3 is 53.4 Å². The maximum absolute atomic E-state index is 13.4. The van der Waals surface area contributed by atoms with Crippen molar-refractivity contribution in [2.75, 3.05) is 32.0 Å². The number of aliphatic hydroxyl groups excluding tert-OH is 1. The number of carbonyl (C=O) groups is 9. The Hall–Kier alpha value is -5.48. The molecule has 2 heterocycles. The molecule has 62 heavy (non-hydrogen) atoms. The summed E-state index contributed by atoms with van der Waals surface area (Å²) in [5, 5.41) is 40.0. The standard InChI is InChI=1S/C40H62N10O11S/c1-23(2)16-25(18-32(53)50-61)37(57)46-27(17-24-10-4-3-5-11-24)39(59)47-28(21-51)38(58)44-19-33(54)43-20-34(55)45-26(36(41)56)12-8-9-15-42-31(52)14-7-6-13-30-35-29(22-62-30)48-40(60)49-35/h3-5,10-11,23,25-30,35,51,61H,6-9,12-22H2,1-2H3,(H2,41,56)(H,42,52)(H,43,54)(H,44,58)(H,45,55)(H,46,57)(H,47,59)(H,50,53)(H2,48,49,60)/t25?,26-,27-,28-,29-,30-,35-/m0/s1. The van der Waals surface area contributed by atoms with E-state index in [1.807, 2.05) is 25.6 Å². The molecule has 0 spiro atoms. The van der Waals surface area contributed by atoms with E-state index in [1.54, 1.807) is 30.3 Å². The van der Waals surface area contributed by atoms with Crippen molar-refractivity contribution >= 4 is 65.1 Å². The fourth-order valence-electron chi connectivity index (χ4n) is 7.06. The van der Waals surface area contributed by atoms with Gasteiger partial charge in [-0.1, -0.05) is 50.6 Å². The monoisotopic (exact) mass is 890 g/mol. The van der Waals surface area contributed by atoms with Crippen LogP contribution in [0, 0.1) is 11.8 Å². The highest BCUT2D eigenvalue weighted by Gasteiger charge is 2.42. The van der Waals surface area contributed by atoms with Crippen molar-refractivity contribution in [3.8, 4) is 0 Å². The smallest absolute Gasteiger partial charge is 0.315 e. The number of thioether (sulfide) groups is 1. The number of hydrogen-bond donors (Lipinski definition) is 12. The Bertz CT molecular complexity index is 1710. The average Bonchev–Trinajstić information content (AvgIpc) is 3.80. The number of fused-ring (bicyclic) bond motifs is 1. The van der Waals surface area contributed by atoms with E-state index >= 15 is 0 Å². The number of nitrogens with two attached hydrogens (primary N) is 1. The van der Waals surface area contributed by atoms with E-state index in [-0.39, 0.29) is 55.6 Å². The highest BCUT2D eigenvalue weighted by molar-refractivity contribution is 8.00. The number of hydroxylamine groups is 1. The lowest BCUT2D eigenvalue weighted by Crippen LogP contribution is -2.57. The van der Waals surface area contributed by atoms with Crippen LogP contribution in [-0.2, 0) is 44.8 Å². The number of hydrogen-bond acceptors (Lipinski definition) is 12. The molecular formula is C40H62N10O11S. The lowest BCUT2D eigenvalue weighted by atomic mass is 9.92. The second-order valence-electron chi connectivity index (χ2n) is 15.8. The third-order valence-electron chi connectivity index (χ3n) is 10.3. The van der Waals surface area contributed by atoms with E-state index in [4.69, 9.17) is 10.9 Å². The zero-order chi connectivity index (χ0) is 45.6. The second-order valence-corrected chi connectivity index (χ2v) is 17.1. The van der Waals surface area contributed by atoms with Crippen molar-refractivity contribution in [2.45, 2.75) is 114 Å². The first kappa shape index (κ1) is 50.9. The number of urea groups is 1. The summed E-state index contributed by atoms with van der Waals surface area (Å²) in [5.41, 5.74) is 7.63. The van der Waals surface area contributed by atoms with Crippen molar-refractivity contribution in [1.29, 1.82) is 0 Å². The summed E-state index contributed by atoms with van der Waals surface area (Å²) < 4.78 is 0. The molecule has 344 valence electrons. The minimum atomic E-state index is -1.54. The van der Waals surface area contributed by atoms with Crippen LogP contribution in [0.2, 0.25) is 0 Å². The third kappa shape index (κ3) is 18.2. The number of rotatable bonds is 28. The number of aliphatic hydroxyl groups is 1. The summed E-state index contributed by atoms with van der Waals surface area (Å²) in [7, 11) is 0. The Morgan fingerprint density at radius 1 is 0.790 bits per heavy atom. The molecule has 1 aromatic rings. The van der Waals surface area contributed by atoms with E-state index < -0.39 is 85.1 Å². The molecule has 2 aliphatic rings. The average molecular weight is 891 g/mol. The van der Waals surface area contributed by atoms with Crippen molar-refractivity contribution < 1.29 is 53.5 Å². The SMILES string of the molecule is CC(C)CC(CC(=O)NO)C(=O)N[C@@H](Cc1ccccc1)C(=O)N[C@@H](CO)C(=O)NCC(=O)NCC(=O)N[C@@H](CCCCNC(=O)CCCC[C@@H]1SC[C@@H]2NC(=O)N[C@@H]21)C(N)=O. The van der Waals surface area contributed by atoms with Gasteiger partial charge >= 0.3 is 6.03 Å². The van der Waals surface area contributed by atoms with Crippen LogP contribution >= 0.6 is 11.8 Å². The van der Waals surface area contributed by atoms with Gasteiger partial charge in [0.15, 0.2) is 0 Å². The number of unbranched alkanes of at least 4 members (excludes halogenated alkanes) is 2. The lowest BCUT2D eigenvalue weighted by molar-refractivity contribution is -0.137. The van der Waals surface area contributed by atoms with Crippen LogP contribution in [0.25, 0.3) is 0 Å². The quantitative estimate of drug-likeness (QED) is 0.0188. The molecule has 7 atom stereocenters. The van der Waals surface area contributed by atoms with Gasteiger partial charge in [-0.2, -0.15) is 11.8 Å². The van der Waals surface area contributed by atoms with E-state index in [0.29, 0.717) is 36.6 Å². The maximum atomic E-state index is 13.4. The number of nitrogens with one attached hydrogen (secondary N) is 9. The predicted molar refractivity (Wildman–Crippen MR) is 227 cm³/mol. The van der Waals surface area contributed by atoms with Gasteiger partial charge in [-0.3, -0.25) is 43.6 Å². The highest BCUT2D eigenvalue weighted by atomic mass is 32.2. The molecular weight excluding hydrogens is 829 g/mol. The van der Waals surface area contributed by atoms with Crippen LogP contribution in [0.1, 0.15) is 77.2 Å². The van der Waals surface area contributed by atoms with Crippen LogP contribution in [0.4, 0.5) is 4.79 Å². The van der Waals surface area contributed by atoms with Gasteiger partial charge in [-0.05, 0) is 50.0 Å². The minimum absolute atomic E-state index is 0.0106. The molecule has 0 aliphatic carbocycles. The molecule has 0 aromatic heterocycles. The number of amides is 10. The summed E-state index contributed by atoms with van der Waals surface area (Å²) >= 11 is 1.83. The molecule has 2 saturated heterocycles. The van der Waals surface area contributed by atoms with Gasteiger partial charge in [0.05, 0.1) is 31.8 Å². The van der Waals surface area contributed by atoms with Gasteiger partial charge in [0, 0.05) is 42.7 Å². The van der Waals surface area contributed by atoms with E-state index in [9.17, 15) is 48.3 Å². The van der Waals surface area contributed by atoms with E-state index in [2.05, 4.69) is 42.5 Å². The van der Waals surface area contributed by atoms with Crippen LogP contribution in [0.5, 0.6) is 0 Å². The summed E-state index contributed by atoms with van der Waals surface area (Å²) in [6.07, 6.45) is 3.96. The molecule has 10 amide bonds. The fraction of sp³-hybridized carbons (Fsp3) is 0.625. The van der Waals surface area contributed by atoms with Crippen molar-refractivity contribution in [2.24, 2.45) is 17.6 Å². The Labute approximate surface area is 364 Å². The Balaban J connectivity index is 1.36. The molecule has 2 fully saturated rings. The minimum Gasteiger partial charge on any atom is -0.394 e. The van der Waals surface area contributed by atoms with Crippen LogP contribution in [-0.4, -0.2) is 131 Å². The topological polar surface area (TPSA) is 328 Å².